The van der Waals surface area contributed by atoms with Crippen molar-refractivity contribution >= 4 is 41.9 Å². The number of nitrogens with zero attached hydrogens (tertiary/aromatic N) is 3. The second-order valence-electron chi connectivity index (χ2n) is 7.34. The van der Waals surface area contributed by atoms with E-state index in [-0.39, 0.29) is 35.9 Å². The lowest BCUT2D eigenvalue weighted by atomic mass is 9.99. The molecule has 0 bridgehead atoms. The summed E-state index contributed by atoms with van der Waals surface area (Å²) in [5, 5.41) is 6.15. The number of fused-ring (bicyclic) bond motifs is 1. The summed E-state index contributed by atoms with van der Waals surface area (Å²) in [6.45, 7) is 6.53. The van der Waals surface area contributed by atoms with Crippen LogP contribution in [0.15, 0.2) is 29.3 Å². The standard InChI is InChI=1S/C20H29N5O2.HI/c1-4-20(2)17(26)25(19(27)23-20)12-7-11-22-18(21-3)24-13-10-15-8-5-6-9-16(15)14-24;/h5-6,8-9H,4,7,10-14H2,1-3H3,(H,21,22)(H,23,27);1H. The molecule has 1 unspecified atom stereocenters. The lowest BCUT2D eigenvalue weighted by molar-refractivity contribution is -0.130. The van der Waals surface area contributed by atoms with E-state index in [1.54, 1.807) is 14.0 Å². The van der Waals surface area contributed by atoms with Gasteiger partial charge < -0.3 is 15.5 Å². The van der Waals surface area contributed by atoms with Crippen LogP contribution >= 0.6 is 24.0 Å². The third-order valence-electron chi connectivity index (χ3n) is 5.54. The lowest BCUT2D eigenvalue weighted by Gasteiger charge is -2.31. The molecule has 8 heteroatoms. The van der Waals surface area contributed by atoms with Crippen LogP contribution in [-0.4, -0.2) is 59.9 Å². The normalized spacial score (nSPS) is 21.9. The van der Waals surface area contributed by atoms with Crippen LogP contribution < -0.4 is 10.6 Å². The molecular formula is C20H30IN5O2. The highest BCUT2D eigenvalue weighted by Gasteiger charge is 2.45. The molecule has 0 radical (unpaired) electrons. The highest BCUT2D eigenvalue weighted by molar-refractivity contribution is 14.0. The highest BCUT2D eigenvalue weighted by atomic mass is 127. The van der Waals surface area contributed by atoms with Crippen LogP contribution in [0.1, 0.15) is 37.8 Å². The number of aliphatic imine (C=N–C) groups is 1. The minimum atomic E-state index is -0.762. The molecule has 7 nitrogen and oxygen atoms in total. The van der Waals surface area contributed by atoms with Gasteiger partial charge in [0.25, 0.3) is 5.91 Å². The molecule has 2 heterocycles. The zero-order chi connectivity index (χ0) is 19.4. The van der Waals surface area contributed by atoms with Crippen molar-refractivity contribution in [1.29, 1.82) is 0 Å². The second kappa shape index (κ2) is 9.58. The van der Waals surface area contributed by atoms with Gasteiger partial charge in [-0.1, -0.05) is 31.2 Å². The van der Waals surface area contributed by atoms with Crippen molar-refractivity contribution in [2.24, 2.45) is 4.99 Å². The number of amides is 3. The third kappa shape index (κ3) is 4.59. The van der Waals surface area contributed by atoms with E-state index in [9.17, 15) is 9.59 Å². The molecule has 3 rings (SSSR count). The van der Waals surface area contributed by atoms with Gasteiger partial charge in [0.2, 0.25) is 0 Å². The largest absolute Gasteiger partial charge is 0.356 e. The van der Waals surface area contributed by atoms with Crippen molar-refractivity contribution in [1.82, 2.24) is 20.4 Å². The number of halogens is 1. The number of hydrogen-bond acceptors (Lipinski definition) is 3. The number of rotatable bonds is 5. The Morgan fingerprint density at radius 2 is 2.00 bits per heavy atom. The van der Waals surface area contributed by atoms with Crippen molar-refractivity contribution in [2.45, 2.75) is 45.2 Å². The van der Waals surface area contributed by atoms with Gasteiger partial charge in [-0.05, 0) is 37.3 Å². The van der Waals surface area contributed by atoms with Gasteiger partial charge in [0, 0.05) is 33.2 Å². The van der Waals surface area contributed by atoms with E-state index in [0.717, 1.165) is 25.5 Å². The molecule has 1 aromatic rings. The molecule has 0 aromatic heterocycles. The molecule has 0 aliphatic carbocycles. The molecule has 0 saturated carbocycles. The number of imide groups is 1. The molecule has 1 saturated heterocycles. The maximum Gasteiger partial charge on any atom is 0.325 e. The molecule has 1 aromatic carbocycles. The molecule has 1 atom stereocenters. The Hall–Kier alpha value is -1.84. The van der Waals surface area contributed by atoms with Gasteiger partial charge in [0.1, 0.15) is 5.54 Å². The number of guanidine groups is 1. The zero-order valence-corrected chi connectivity index (χ0v) is 19.2. The molecule has 28 heavy (non-hydrogen) atoms. The Morgan fingerprint density at radius 3 is 2.64 bits per heavy atom. The van der Waals surface area contributed by atoms with Crippen LogP contribution in [0.2, 0.25) is 0 Å². The van der Waals surface area contributed by atoms with Gasteiger partial charge in [-0.25, -0.2) is 4.79 Å². The van der Waals surface area contributed by atoms with Gasteiger partial charge >= 0.3 is 6.03 Å². The quantitative estimate of drug-likeness (QED) is 0.215. The van der Waals surface area contributed by atoms with Crippen LogP contribution in [0.4, 0.5) is 4.79 Å². The Balaban J connectivity index is 0.00000280. The fourth-order valence-electron chi connectivity index (χ4n) is 3.64. The average Bonchev–Trinajstić information content (AvgIpc) is 2.91. The number of carbonyl (C=O) groups excluding carboxylic acids is 2. The Bertz CT molecular complexity index is 754. The Kier molecular flexibility index (Phi) is 7.68. The highest BCUT2D eigenvalue weighted by Crippen LogP contribution is 2.21. The summed E-state index contributed by atoms with van der Waals surface area (Å²) >= 11 is 0. The summed E-state index contributed by atoms with van der Waals surface area (Å²) in [5.74, 6) is 0.729. The monoisotopic (exact) mass is 499 g/mol. The van der Waals surface area contributed by atoms with Crippen molar-refractivity contribution in [2.75, 3.05) is 26.7 Å². The molecular weight excluding hydrogens is 469 g/mol. The zero-order valence-electron chi connectivity index (χ0n) is 16.8. The van der Waals surface area contributed by atoms with Gasteiger partial charge in [-0.2, -0.15) is 0 Å². The molecule has 154 valence electrons. The molecule has 2 aliphatic heterocycles. The van der Waals surface area contributed by atoms with Crippen molar-refractivity contribution in [3.05, 3.63) is 35.4 Å². The van der Waals surface area contributed by atoms with Gasteiger partial charge in [0.05, 0.1) is 0 Å². The summed E-state index contributed by atoms with van der Waals surface area (Å²) in [4.78, 5) is 32.4. The van der Waals surface area contributed by atoms with E-state index in [2.05, 4.69) is 44.8 Å². The van der Waals surface area contributed by atoms with Gasteiger partial charge in [-0.3, -0.25) is 14.7 Å². The maximum atomic E-state index is 12.4. The van der Waals surface area contributed by atoms with E-state index in [0.29, 0.717) is 25.9 Å². The van der Waals surface area contributed by atoms with Gasteiger partial charge in [0.15, 0.2) is 5.96 Å². The number of benzene rings is 1. The lowest BCUT2D eigenvalue weighted by Crippen LogP contribution is -2.45. The smallest absolute Gasteiger partial charge is 0.325 e. The third-order valence-corrected chi connectivity index (χ3v) is 5.54. The first-order chi connectivity index (χ1) is 13.0. The average molecular weight is 499 g/mol. The van der Waals surface area contributed by atoms with E-state index in [1.807, 2.05) is 6.92 Å². The number of nitrogens with one attached hydrogen (secondary N) is 2. The van der Waals surface area contributed by atoms with Crippen LogP contribution in [0.25, 0.3) is 0 Å². The second-order valence-corrected chi connectivity index (χ2v) is 7.34. The van der Waals surface area contributed by atoms with E-state index >= 15 is 0 Å². The summed E-state index contributed by atoms with van der Waals surface area (Å²) in [7, 11) is 1.78. The number of urea groups is 1. The summed E-state index contributed by atoms with van der Waals surface area (Å²) < 4.78 is 0. The van der Waals surface area contributed by atoms with Crippen LogP contribution in [0, 0.1) is 0 Å². The number of hydrogen-bond donors (Lipinski definition) is 2. The fourth-order valence-corrected chi connectivity index (χ4v) is 3.64. The molecule has 2 aliphatic rings. The first-order valence-corrected chi connectivity index (χ1v) is 9.65. The molecule has 0 spiro atoms. The van der Waals surface area contributed by atoms with Crippen LogP contribution in [0.3, 0.4) is 0 Å². The fraction of sp³-hybridized carbons (Fsp3) is 0.550. The predicted molar refractivity (Wildman–Crippen MR) is 121 cm³/mol. The predicted octanol–water partition coefficient (Wildman–Crippen LogP) is 2.35. The minimum absolute atomic E-state index is 0. The Labute approximate surface area is 184 Å². The molecule has 2 N–H and O–H groups in total. The van der Waals surface area contributed by atoms with Crippen LogP contribution in [-0.2, 0) is 17.8 Å². The van der Waals surface area contributed by atoms with E-state index < -0.39 is 5.54 Å². The Morgan fingerprint density at radius 1 is 1.29 bits per heavy atom. The first kappa shape index (κ1) is 22.4. The summed E-state index contributed by atoms with van der Waals surface area (Å²) in [6, 6.07) is 8.21. The van der Waals surface area contributed by atoms with Crippen molar-refractivity contribution in [3.63, 3.8) is 0 Å². The molecule has 3 amide bonds. The van der Waals surface area contributed by atoms with Crippen molar-refractivity contribution < 1.29 is 9.59 Å². The minimum Gasteiger partial charge on any atom is -0.356 e. The summed E-state index contributed by atoms with van der Waals surface area (Å²) in [5.41, 5.74) is 1.98. The van der Waals surface area contributed by atoms with Gasteiger partial charge in [-0.15, -0.1) is 24.0 Å². The first-order valence-electron chi connectivity index (χ1n) is 9.65. The maximum absolute atomic E-state index is 12.4. The van der Waals surface area contributed by atoms with Crippen LogP contribution in [0.5, 0.6) is 0 Å². The van der Waals surface area contributed by atoms with Crippen molar-refractivity contribution in [3.8, 4) is 0 Å². The molecule has 1 fully saturated rings. The summed E-state index contributed by atoms with van der Waals surface area (Å²) in [6.07, 6.45) is 2.28. The topological polar surface area (TPSA) is 77.0 Å². The van der Waals surface area contributed by atoms with E-state index in [1.165, 1.54) is 16.0 Å². The SMILES string of the molecule is CCC1(C)NC(=O)N(CCCNC(=NC)N2CCc3ccccc3C2)C1=O.I. The van der Waals surface area contributed by atoms with E-state index in [4.69, 9.17) is 0 Å². The number of carbonyl (C=O) groups is 2.